The largest absolute Gasteiger partial charge is 0.368 e. The Morgan fingerprint density at radius 1 is 1.50 bits per heavy atom. The van der Waals surface area contributed by atoms with Crippen molar-refractivity contribution in [3.05, 3.63) is 35.8 Å². The molecule has 2 rings (SSSR count). The lowest BCUT2D eigenvalue weighted by molar-refractivity contribution is -0.116. The number of halogens is 1. The van der Waals surface area contributed by atoms with Gasteiger partial charge in [0.2, 0.25) is 5.91 Å². The second kappa shape index (κ2) is 4.60. The van der Waals surface area contributed by atoms with E-state index in [1.54, 1.807) is 31.0 Å². The molecule has 0 radical (unpaired) electrons. The van der Waals surface area contributed by atoms with E-state index in [0.29, 0.717) is 16.6 Å². The molecule has 0 unspecified atom stereocenters. The van der Waals surface area contributed by atoms with Crippen molar-refractivity contribution in [2.24, 2.45) is 5.73 Å². The Hall–Kier alpha value is -2.17. The number of hydrogen-bond donors (Lipinski definition) is 1. The number of aryl methyl sites for hydroxylation is 1. The number of para-hydroxylation sites is 1. The van der Waals surface area contributed by atoms with Crippen LogP contribution in [0.3, 0.4) is 0 Å². The van der Waals surface area contributed by atoms with Gasteiger partial charge in [0.05, 0.1) is 6.54 Å². The van der Waals surface area contributed by atoms with Gasteiger partial charge in [-0.3, -0.25) is 4.79 Å². The van der Waals surface area contributed by atoms with Crippen molar-refractivity contribution >= 4 is 22.5 Å². The summed E-state index contributed by atoms with van der Waals surface area (Å²) in [5, 5.41) is 0.671. The number of pyridine rings is 1. The fraction of sp³-hybridized carbons (Fsp3) is 0.231. The van der Waals surface area contributed by atoms with Crippen molar-refractivity contribution in [3.63, 3.8) is 0 Å². The van der Waals surface area contributed by atoms with Crippen LogP contribution in [-0.2, 0) is 4.79 Å². The Morgan fingerprint density at radius 3 is 2.89 bits per heavy atom. The van der Waals surface area contributed by atoms with Gasteiger partial charge in [0.15, 0.2) is 0 Å². The van der Waals surface area contributed by atoms with Crippen LogP contribution in [0, 0.1) is 12.7 Å². The summed E-state index contributed by atoms with van der Waals surface area (Å²) < 4.78 is 13.7. The first-order valence-electron chi connectivity index (χ1n) is 5.54. The van der Waals surface area contributed by atoms with Gasteiger partial charge < -0.3 is 10.6 Å². The predicted octanol–water partition coefficient (Wildman–Crippen LogP) is 1.60. The van der Waals surface area contributed by atoms with Crippen molar-refractivity contribution in [2.45, 2.75) is 6.92 Å². The van der Waals surface area contributed by atoms with E-state index in [2.05, 4.69) is 4.98 Å². The highest BCUT2D eigenvalue weighted by Gasteiger charge is 2.12. The van der Waals surface area contributed by atoms with Gasteiger partial charge in [0.25, 0.3) is 0 Å². The summed E-state index contributed by atoms with van der Waals surface area (Å²) in [6, 6.07) is 6.57. The molecule has 1 aromatic carbocycles. The number of benzene rings is 1. The molecule has 0 aliphatic rings. The fourth-order valence-corrected chi connectivity index (χ4v) is 1.95. The highest BCUT2D eigenvalue weighted by molar-refractivity contribution is 5.93. The molecule has 0 saturated carbocycles. The van der Waals surface area contributed by atoms with Gasteiger partial charge in [-0.15, -0.1) is 0 Å². The third-order valence-corrected chi connectivity index (χ3v) is 2.70. The van der Waals surface area contributed by atoms with Gasteiger partial charge in [-0.2, -0.15) is 0 Å². The van der Waals surface area contributed by atoms with E-state index in [0.717, 1.165) is 5.69 Å². The maximum Gasteiger partial charge on any atom is 0.236 e. The van der Waals surface area contributed by atoms with Crippen LogP contribution < -0.4 is 10.6 Å². The van der Waals surface area contributed by atoms with Crippen LogP contribution in [0.25, 0.3) is 10.9 Å². The van der Waals surface area contributed by atoms with E-state index in [-0.39, 0.29) is 12.4 Å². The quantitative estimate of drug-likeness (QED) is 0.896. The number of anilines is 1. The number of aromatic nitrogens is 1. The van der Waals surface area contributed by atoms with Crippen LogP contribution in [0.5, 0.6) is 0 Å². The molecule has 18 heavy (non-hydrogen) atoms. The summed E-state index contributed by atoms with van der Waals surface area (Å²) in [7, 11) is 1.74. The Morgan fingerprint density at radius 2 is 2.22 bits per heavy atom. The second-order valence-electron chi connectivity index (χ2n) is 4.24. The van der Waals surface area contributed by atoms with Crippen molar-refractivity contribution in [2.75, 3.05) is 18.5 Å². The summed E-state index contributed by atoms with van der Waals surface area (Å²) in [4.78, 5) is 16.8. The smallest absolute Gasteiger partial charge is 0.236 e. The van der Waals surface area contributed by atoms with Crippen LogP contribution in [0.15, 0.2) is 24.3 Å². The molecule has 1 amide bonds. The average Bonchev–Trinajstić information content (AvgIpc) is 2.28. The van der Waals surface area contributed by atoms with E-state index in [1.165, 1.54) is 6.07 Å². The van der Waals surface area contributed by atoms with Gasteiger partial charge in [0.1, 0.15) is 11.3 Å². The lowest BCUT2D eigenvalue weighted by Gasteiger charge is -2.20. The number of rotatable bonds is 3. The van der Waals surface area contributed by atoms with Crippen molar-refractivity contribution in [1.29, 1.82) is 0 Å². The SMILES string of the molecule is Cc1cc(N(C)CC(N)=O)c2cccc(F)c2n1. The zero-order valence-corrected chi connectivity index (χ0v) is 10.3. The zero-order valence-electron chi connectivity index (χ0n) is 10.3. The number of carbonyl (C=O) groups excluding carboxylic acids is 1. The zero-order chi connectivity index (χ0) is 13.3. The molecule has 2 aromatic rings. The van der Waals surface area contributed by atoms with Crippen LogP contribution in [-0.4, -0.2) is 24.5 Å². The summed E-state index contributed by atoms with van der Waals surface area (Å²) >= 11 is 0. The molecule has 0 fully saturated rings. The normalized spacial score (nSPS) is 10.6. The van der Waals surface area contributed by atoms with Gasteiger partial charge >= 0.3 is 0 Å². The molecule has 0 atom stereocenters. The fourth-order valence-electron chi connectivity index (χ4n) is 1.95. The number of primary amides is 1. The molecule has 0 saturated heterocycles. The first kappa shape index (κ1) is 12.3. The minimum atomic E-state index is -0.434. The van der Waals surface area contributed by atoms with Gasteiger partial charge in [0, 0.05) is 23.8 Å². The lowest BCUT2D eigenvalue weighted by atomic mass is 10.1. The standard InChI is InChI=1S/C13H14FN3O/c1-8-6-11(17(2)7-12(15)18)9-4-3-5-10(14)13(9)16-8/h3-6H,7H2,1-2H3,(H2,15,18). The van der Waals surface area contributed by atoms with Gasteiger partial charge in [-0.1, -0.05) is 12.1 Å². The Balaban J connectivity index is 2.62. The van der Waals surface area contributed by atoms with Crippen LogP contribution >= 0.6 is 0 Å². The molecule has 1 aromatic heterocycles. The summed E-state index contributed by atoms with van der Waals surface area (Å²) in [5.74, 6) is -0.804. The number of nitrogens with two attached hydrogens (primary N) is 1. The second-order valence-corrected chi connectivity index (χ2v) is 4.24. The van der Waals surface area contributed by atoms with Crippen LogP contribution in [0.1, 0.15) is 5.69 Å². The topological polar surface area (TPSA) is 59.2 Å². The molecule has 1 heterocycles. The van der Waals surface area contributed by atoms with E-state index in [9.17, 15) is 9.18 Å². The van der Waals surface area contributed by atoms with Crippen LogP contribution in [0.4, 0.5) is 10.1 Å². The Kier molecular flexibility index (Phi) is 3.14. The van der Waals surface area contributed by atoms with E-state index >= 15 is 0 Å². The van der Waals surface area contributed by atoms with E-state index in [4.69, 9.17) is 5.73 Å². The molecule has 4 nitrogen and oxygen atoms in total. The molecule has 94 valence electrons. The van der Waals surface area contributed by atoms with Crippen molar-refractivity contribution in [1.82, 2.24) is 4.98 Å². The van der Waals surface area contributed by atoms with Crippen molar-refractivity contribution in [3.8, 4) is 0 Å². The lowest BCUT2D eigenvalue weighted by Crippen LogP contribution is -2.30. The molecule has 0 spiro atoms. The molecular formula is C13H14FN3O. The summed E-state index contributed by atoms with van der Waals surface area (Å²) in [6.45, 7) is 1.86. The molecule has 0 aliphatic carbocycles. The van der Waals surface area contributed by atoms with Gasteiger partial charge in [-0.05, 0) is 19.1 Å². The monoisotopic (exact) mass is 247 g/mol. The Labute approximate surface area is 104 Å². The Bertz CT molecular complexity index is 612. The molecule has 0 aliphatic heterocycles. The average molecular weight is 247 g/mol. The minimum Gasteiger partial charge on any atom is -0.368 e. The number of fused-ring (bicyclic) bond motifs is 1. The number of amides is 1. The summed E-state index contributed by atoms with van der Waals surface area (Å²) in [5.41, 5.74) is 6.92. The van der Waals surface area contributed by atoms with E-state index in [1.807, 2.05) is 6.07 Å². The molecular weight excluding hydrogens is 233 g/mol. The highest BCUT2D eigenvalue weighted by Crippen LogP contribution is 2.27. The molecule has 5 heteroatoms. The van der Waals surface area contributed by atoms with Crippen LogP contribution in [0.2, 0.25) is 0 Å². The summed E-state index contributed by atoms with van der Waals surface area (Å²) in [6.07, 6.45) is 0. The van der Waals surface area contributed by atoms with Gasteiger partial charge in [-0.25, -0.2) is 9.37 Å². The maximum absolute atomic E-state index is 13.7. The molecule has 0 bridgehead atoms. The minimum absolute atomic E-state index is 0.0784. The highest BCUT2D eigenvalue weighted by atomic mass is 19.1. The molecule has 2 N–H and O–H groups in total. The first-order chi connectivity index (χ1) is 8.49. The van der Waals surface area contributed by atoms with Crippen molar-refractivity contribution < 1.29 is 9.18 Å². The number of nitrogens with zero attached hydrogens (tertiary/aromatic N) is 2. The number of carbonyl (C=O) groups is 1. The predicted molar refractivity (Wildman–Crippen MR) is 68.9 cm³/mol. The third kappa shape index (κ3) is 2.25. The van der Waals surface area contributed by atoms with E-state index < -0.39 is 5.91 Å². The first-order valence-corrected chi connectivity index (χ1v) is 5.54. The third-order valence-electron chi connectivity index (χ3n) is 2.70. The maximum atomic E-state index is 13.7. The number of hydrogen-bond acceptors (Lipinski definition) is 3. The number of likely N-dealkylation sites (N-methyl/N-ethyl adjacent to an activating group) is 1.